The van der Waals surface area contributed by atoms with Gasteiger partial charge in [0.2, 0.25) is 0 Å². The number of benzene rings is 1. The van der Waals surface area contributed by atoms with Gasteiger partial charge in [-0.2, -0.15) is 13.2 Å². The summed E-state index contributed by atoms with van der Waals surface area (Å²) in [7, 11) is 0.753. The molecule has 2 rings (SSSR count). The number of anilines is 1. The normalized spacial score (nSPS) is 13.4. The molecule has 1 atom stereocenters. The van der Waals surface area contributed by atoms with Gasteiger partial charge in [-0.1, -0.05) is 0 Å². The zero-order valence-electron chi connectivity index (χ0n) is 15.1. The summed E-state index contributed by atoms with van der Waals surface area (Å²) in [6.07, 6.45) is -5.30. The number of methoxy groups -OCH3 is 1. The van der Waals surface area contributed by atoms with Crippen molar-refractivity contribution in [2.45, 2.75) is 25.7 Å². The Bertz CT molecular complexity index is 864. The highest BCUT2D eigenvalue weighted by Gasteiger charge is 2.63. The predicted molar refractivity (Wildman–Crippen MR) is 92.0 cm³/mol. The van der Waals surface area contributed by atoms with Crippen molar-refractivity contribution in [3.05, 3.63) is 59.0 Å². The van der Waals surface area contributed by atoms with E-state index < -0.39 is 29.5 Å². The molecule has 1 aromatic carbocycles. The van der Waals surface area contributed by atoms with Crippen LogP contribution in [0.5, 0.6) is 0 Å². The van der Waals surface area contributed by atoms with Crippen LogP contribution in [0.3, 0.4) is 0 Å². The first kappa shape index (κ1) is 21.1. The summed E-state index contributed by atoms with van der Waals surface area (Å²) in [5.74, 6) is -4.03. The lowest BCUT2D eigenvalue weighted by molar-refractivity contribution is -0.203. The summed E-state index contributed by atoms with van der Waals surface area (Å²) in [6.45, 7) is 3.19. The fourth-order valence-corrected chi connectivity index (χ4v) is 2.49. The minimum absolute atomic E-state index is 0.283. The largest absolute Gasteiger partial charge is 0.466 e. The number of pyridine rings is 1. The minimum atomic E-state index is -5.30. The predicted octanol–water partition coefficient (Wildman–Crippen LogP) is 3.11. The first-order valence-electron chi connectivity index (χ1n) is 7.95. The maximum Gasteiger partial charge on any atom is 0.441 e. The molecule has 28 heavy (non-hydrogen) atoms. The van der Waals surface area contributed by atoms with Crippen LogP contribution in [-0.4, -0.2) is 35.8 Å². The minimum Gasteiger partial charge on any atom is -0.466 e. The zero-order valence-corrected chi connectivity index (χ0v) is 15.1. The lowest BCUT2D eigenvalue weighted by Crippen LogP contribution is -2.69. The molecule has 2 N–H and O–H groups in total. The molecule has 10 heteroatoms. The van der Waals surface area contributed by atoms with Gasteiger partial charge in [-0.15, -0.1) is 0 Å². The number of carbonyl (C=O) groups excluding carboxylic acids is 2. The molecule has 0 saturated heterocycles. The SMILES string of the molecule is COC(=O)C(NC(=O)c1ccc(F)cc1)(Nc1cc(C)cc(C)n1)C(F)(F)F. The number of aryl methyl sites for hydroxylation is 2. The number of aromatic nitrogens is 1. The Hall–Kier alpha value is -3.17. The van der Waals surface area contributed by atoms with Crippen molar-refractivity contribution in [2.75, 3.05) is 12.4 Å². The number of rotatable bonds is 5. The molecule has 150 valence electrons. The van der Waals surface area contributed by atoms with E-state index in [0.29, 0.717) is 11.3 Å². The average Bonchev–Trinajstić information content (AvgIpc) is 2.59. The number of halogens is 4. The number of carbonyl (C=O) groups is 2. The van der Waals surface area contributed by atoms with Crippen molar-refractivity contribution in [1.29, 1.82) is 0 Å². The number of ether oxygens (including phenoxy) is 1. The molecule has 1 heterocycles. The van der Waals surface area contributed by atoms with Crippen LogP contribution >= 0.6 is 0 Å². The van der Waals surface area contributed by atoms with Crippen LogP contribution in [0.4, 0.5) is 23.4 Å². The van der Waals surface area contributed by atoms with Crippen LogP contribution in [-0.2, 0) is 9.53 Å². The lowest BCUT2D eigenvalue weighted by Gasteiger charge is -2.34. The van der Waals surface area contributed by atoms with Gasteiger partial charge in [-0.05, 0) is 55.8 Å². The van der Waals surface area contributed by atoms with Gasteiger partial charge >= 0.3 is 17.8 Å². The number of nitrogens with one attached hydrogen (secondary N) is 2. The second kappa shape index (κ2) is 7.83. The van der Waals surface area contributed by atoms with E-state index in [0.717, 1.165) is 31.4 Å². The highest BCUT2D eigenvalue weighted by Crippen LogP contribution is 2.33. The molecule has 1 amide bonds. The van der Waals surface area contributed by atoms with Crippen LogP contribution in [0.15, 0.2) is 36.4 Å². The second-order valence-electron chi connectivity index (χ2n) is 6.00. The summed E-state index contributed by atoms with van der Waals surface area (Å²) in [5, 5.41) is 3.59. The fourth-order valence-electron chi connectivity index (χ4n) is 2.49. The van der Waals surface area contributed by atoms with Crippen molar-refractivity contribution in [3.8, 4) is 0 Å². The maximum absolute atomic E-state index is 14.0. The first-order chi connectivity index (χ1) is 13.0. The second-order valence-corrected chi connectivity index (χ2v) is 6.00. The standard InChI is InChI=1S/C18H17F4N3O3/c1-10-8-11(2)23-14(9-10)24-17(16(27)28-3,18(20,21)22)25-15(26)12-4-6-13(19)7-5-12/h4-9H,1-3H3,(H,23,24)(H,25,26). The number of nitrogens with zero attached hydrogens (tertiary/aromatic N) is 1. The number of esters is 1. The zero-order chi connectivity index (χ0) is 21.1. The molecule has 0 fully saturated rings. The Morgan fingerprint density at radius 1 is 1.07 bits per heavy atom. The van der Waals surface area contributed by atoms with Gasteiger partial charge in [0.05, 0.1) is 7.11 Å². The third-order valence-electron chi connectivity index (χ3n) is 3.74. The van der Waals surface area contributed by atoms with Gasteiger partial charge < -0.3 is 15.4 Å². The van der Waals surface area contributed by atoms with E-state index in [9.17, 15) is 27.2 Å². The number of hydrogen-bond acceptors (Lipinski definition) is 5. The highest BCUT2D eigenvalue weighted by atomic mass is 19.4. The Balaban J connectivity index is 2.52. The first-order valence-corrected chi connectivity index (χ1v) is 7.95. The van der Waals surface area contributed by atoms with Crippen LogP contribution in [0.25, 0.3) is 0 Å². The molecule has 0 aliphatic carbocycles. The van der Waals surface area contributed by atoms with Crippen molar-refractivity contribution in [3.63, 3.8) is 0 Å². The lowest BCUT2D eigenvalue weighted by atomic mass is 10.1. The van der Waals surface area contributed by atoms with E-state index in [4.69, 9.17) is 0 Å². The molecule has 0 spiro atoms. The summed E-state index contributed by atoms with van der Waals surface area (Å²) in [4.78, 5) is 28.5. The van der Waals surface area contributed by atoms with Gasteiger partial charge in [0.25, 0.3) is 5.91 Å². The Morgan fingerprint density at radius 3 is 2.18 bits per heavy atom. The van der Waals surface area contributed by atoms with Gasteiger partial charge in [-0.25, -0.2) is 14.2 Å². The Labute approximate surface area is 157 Å². The summed E-state index contributed by atoms with van der Waals surface area (Å²) >= 11 is 0. The molecule has 0 aliphatic rings. The van der Waals surface area contributed by atoms with Gasteiger partial charge in [-0.3, -0.25) is 4.79 Å². The summed E-state index contributed by atoms with van der Waals surface area (Å²) < 4.78 is 59.2. The van der Waals surface area contributed by atoms with Gasteiger partial charge in [0, 0.05) is 11.3 Å². The van der Waals surface area contributed by atoms with Crippen LogP contribution in [0.2, 0.25) is 0 Å². The van der Waals surface area contributed by atoms with Crippen molar-refractivity contribution in [2.24, 2.45) is 0 Å². The monoisotopic (exact) mass is 399 g/mol. The molecule has 0 bridgehead atoms. The van der Waals surface area contributed by atoms with Crippen molar-refractivity contribution >= 4 is 17.7 Å². The molecule has 1 unspecified atom stereocenters. The topological polar surface area (TPSA) is 80.3 Å². The highest BCUT2D eigenvalue weighted by molar-refractivity contribution is 5.99. The van der Waals surface area contributed by atoms with E-state index in [1.165, 1.54) is 6.07 Å². The number of alkyl halides is 3. The van der Waals surface area contributed by atoms with Crippen molar-refractivity contribution in [1.82, 2.24) is 10.3 Å². The smallest absolute Gasteiger partial charge is 0.441 e. The van der Waals surface area contributed by atoms with E-state index in [1.807, 2.05) is 5.32 Å². The molecule has 6 nitrogen and oxygen atoms in total. The van der Waals surface area contributed by atoms with E-state index in [2.05, 4.69) is 9.72 Å². The van der Waals surface area contributed by atoms with E-state index in [1.54, 1.807) is 25.2 Å². The molecular weight excluding hydrogens is 382 g/mol. The molecule has 2 aromatic rings. The molecule has 1 aromatic heterocycles. The number of amides is 1. The fraction of sp³-hybridized carbons (Fsp3) is 0.278. The molecule has 0 radical (unpaired) electrons. The van der Waals surface area contributed by atoms with E-state index in [-0.39, 0.29) is 11.4 Å². The summed E-state index contributed by atoms with van der Waals surface area (Å²) in [5.41, 5.74) is -2.91. The van der Waals surface area contributed by atoms with Crippen molar-refractivity contribution < 1.29 is 31.9 Å². The third-order valence-corrected chi connectivity index (χ3v) is 3.74. The Morgan fingerprint density at radius 2 is 1.68 bits per heavy atom. The molecule has 0 aliphatic heterocycles. The summed E-state index contributed by atoms with van der Waals surface area (Å²) in [6, 6.07) is 6.68. The number of hydrogen-bond donors (Lipinski definition) is 2. The third kappa shape index (κ3) is 4.38. The molecular formula is C18H17F4N3O3. The van der Waals surface area contributed by atoms with Crippen LogP contribution in [0, 0.1) is 19.7 Å². The maximum atomic E-state index is 14.0. The van der Waals surface area contributed by atoms with Gasteiger partial charge in [0.1, 0.15) is 11.6 Å². The quantitative estimate of drug-likeness (QED) is 0.459. The average molecular weight is 399 g/mol. The van der Waals surface area contributed by atoms with E-state index >= 15 is 0 Å². The van der Waals surface area contributed by atoms with Gasteiger partial charge in [0.15, 0.2) is 0 Å². The Kier molecular flexibility index (Phi) is 5.91. The van der Waals surface area contributed by atoms with Crippen LogP contribution < -0.4 is 10.6 Å². The molecule has 0 saturated carbocycles. The van der Waals surface area contributed by atoms with Crippen LogP contribution in [0.1, 0.15) is 21.6 Å².